The summed E-state index contributed by atoms with van der Waals surface area (Å²) in [6, 6.07) is 0.368. The molecule has 0 spiro atoms. The lowest BCUT2D eigenvalue weighted by Gasteiger charge is -1.94. The number of hydrogen-bond acceptors (Lipinski definition) is 2. The average Bonchev–Trinajstić information content (AvgIpc) is 2.68. The average molecular weight is 151 g/mol. The second-order valence-corrected chi connectivity index (χ2v) is 3.68. The van der Waals surface area contributed by atoms with E-state index in [0.717, 1.165) is 11.8 Å². The van der Waals surface area contributed by atoms with E-state index in [4.69, 9.17) is 0 Å². The van der Waals surface area contributed by atoms with Crippen LogP contribution in [-0.2, 0) is 4.79 Å². The second-order valence-electron chi connectivity index (χ2n) is 3.68. The Bertz CT molecular complexity index is 184. The Balaban J connectivity index is 1.96. The van der Waals surface area contributed by atoms with Gasteiger partial charge in [0.1, 0.15) is 0 Å². The predicted molar refractivity (Wildman–Crippen MR) is 42.0 cm³/mol. The summed E-state index contributed by atoms with van der Waals surface area (Å²) in [5, 5.41) is 0. The van der Waals surface area contributed by atoms with Crippen molar-refractivity contribution in [3.63, 3.8) is 0 Å². The Kier molecular flexibility index (Phi) is 1.79. The van der Waals surface area contributed by atoms with Crippen molar-refractivity contribution in [2.75, 3.05) is 0 Å². The van der Waals surface area contributed by atoms with Crippen molar-refractivity contribution in [3.05, 3.63) is 0 Å². The molecular weight excluding hydrogens is 138 g/mol. The van der Waals surface area contributed by atoms with Crippen LogP contribution in [0.25, 0.3) is 0 Å². The highest BCUT2D eigenvalue weighted by molar-refractivity contribution is 5.35. The van der Waals surface area contributed by atoms with Crippen molar-refractivity contribution in [2.24, 2.45) is 16.8 Å². The molecule has 0 bridgehead atoms. The minimum absolute atomic E-state index is 0.368. The molecule has 0 radical (unpaired) electrons. The summed E-state index contributed by atoms with van der Waals surface area (Å²) < 4.78 is 0. The third-order valence-corrected chi connectivity index (χ3v) is 3.06. The molecule has 2 nitrogen and oxygen atoms in total. The Morgan fingerprint density at radius 3 is 2.27 bits per heavy atom. The summed E-state index contributed by atoms with van der Waals surface area (Å²) in [7, 11) is 0. The van der Waals surface area contributed by atoms with Gasteiger partial charge >= 0.3 is 0 Å². The lowest BCUT2D eigenvalue weighted by molar-refractivity contribution is 0.558. The van der Waals surface area contributed by atoms with E-state index < -0.39 is 0 Å². The van der Waals surface area contributed by atoms with E-state index in [0.29, 0.717) is 6.04 Å². The van der Waals surface area contributed by atoms with Gasteiger partial charge in [0.25, 0.3) is 0 Å². The molecule has 0 saturated heterocycles. The van der Waals surface area contributed by atoms with Gasteiger partial charge in [0.15, 0.2) is 0 Å². The SMILES string of the molecule is O=C=NC1C2CCCCCC21. The summed E-state index contributed by atoms with van der Waals surface area (Å²) in [6.07, 6.45) is 8.32. The molecule has 0 aliphatic heterocycles. The van der Waals surface area contributed by atoms with Gasteiger partial charge in [0, 0.05) is 0 Å². The fraction of sp³-hybridized carbons (Fsp3) is 0.889. The number of carbonyl (C=O) groups excluding carboxylic acids is 1. The zero-order valence-corrected chi connectivity index (χ0v) is 6.62. The third kappa shape index (κ3) is 1.23. The van der Waals surface area contributed by atoms with Crippen molar-refractivity contribution in [3.8, 4) is 0 Å². The van der Waals surface area contributed by atoms with Crippen LogP contribution < -0.4 is 0 Å². The smallest absolute Gasteiger partial charge is 0.211 e. The molecule has 0 aromatic carbocycles. The van der Waals surface area contributed by atoms with E-state index in [-0.39, 0.29) is 0 Å². The standard InChI is InChI=1S/C9H13NO/c11-6-10-9-7-4-2-1-3-5-8(7)9/h7-9H,1-5H2. The predicted octanol–water partition coefficient (Wildman–Crippen LogP) is 1.90. The third-order valence-electron chi connectivity index (χ3n) is 3.06. The molecule has 2 atom stereocenters. The van der Waals surface area contributed by atoms with E-state index in [1.807, 2.05) is 0 Å². The Hall–Kier alpha value is -0.620. The van der Waals surface area contributed by atoms with Gasteiger partial charge in [-0.25, -0.2) is 9.79 Å². The summed E-state index contributed by atoms with van der Waals surface area (Å²) >= 11 is 0. The van der Waals surface area contributed by atoms with E-state index >= 15 is 0 Å². The maximum absolute atomic E-state index is 9.99. The Morgan fingerprint density at radius 1 is 1.09 bits per heavy atom. The van der Waals surface area contributed by atoms with Gasteiger partial charge in [-0.1, -0.05) is 19.3 Å². The second kappa shape index (κ2) is 2.78. The Morgan fingerprint density at radius 2 is 1.73 bits per heavy atom. The number of rotatable bonds is 1. The zero-order chi connectivity index (χ0) is 7.68. The van der Waals surface area contributed by atoms with Crippen LogP contribution in [-0.4, -0.2) is 12.1 Å². The first-order valence-electron chi connectivity index (χ1n) is 4.50. The van der Waals surface area contributed by atoms with Crippen LogP contribution in [0.2, 0.25) is 0 Å². The first-order valence-corrected chi connectivity index (χ1v) is 4.50. The summed E-state index contributed by atoms with van der Waals surface area (Å²) in [4.78, 5) is 13.8. The lowest BCUT2D eigenvalue weighted by Crippen LogP contribution is -1.86. The first kappa shape index (κ1) is 7.05. The summed E-state index contributed by atoms with van der Waals surface area (Å²) in [5.74, 6) is 1.50. The minimum atomic E-state index is 0.368. The molecule has 2 unspecified atom stereocenters. The number of aliphatic imine (C=N–C) groups is 1. The molecule has 0 N–H and O–H groups in total. The van der Waals surface area contributed by atoms with Gasteiger partial charge in [0.05, 0.1) is 6.04 Å². The van der Waals surface area contributed by atoms with Crippen LogP contribution in [0.5, 0.6) is 0 Å². The highest BCUT2D eigenvalue weighted by Crippen LogP contribution is 2.50. The van der Waals surface area contributed by atoms with Crippen molar-refractivity contribution in [2.45, 2.75) is 38.1 Å². The van der Waals surface area contributed by atoms with Gasteiger partial charge in [-0.15, -0.1) is 0 Å². The zero-order valence-electron chi connectivity index (χ0n) is 6.62. The summed E-state index contributed by atoms with van der Waals surface area (Å²) in [5.41, 5.74) is 0. The number of nitrogens with zero attached hydrogens (tertiary/aromatic N) is 1. The molecule has 0 heterocycles. The molecule has 11 heavy (non-hydrogen) atoms. The fourth-order valence-electron chi connectivity index (χ4n) is 2.38. The molecule has 2 heteroatoms. The molecule has 2 fully saturated rings. The number of hydrogen-bond donors (Lipinski definition) is 0. The molecule has 0 amide bonds. The van der Waals surface area contributed by atoms with E-state index in [1.165, 1.54) is 32.1 Å². The molecule has 0 aromatic heterocycles. The van der Waals surface area contributed by atoms with Crippen LogP contribution >= 0.6 is 0 Å². The maximum Gasteiger partial charge on any atom is 0.235 e. The molecule has 2 saturated carbocycles. The molecular formula is C9H13NO. The maximum atomic E-state index is 9.99. The van der Waals surface area contributed by atoms with Crippen LogP contribution in [0, 0.1) is 11.8 Å². The highest BCUT2D eigenvalue weighted by Gasteiger charge is 2.49. The van der Waals surface area contributed by atoms with Gasteiger partial charge in [-0.3, -0.25) is 0 Å². The summed E-state index contributed by atoms with van der Waals surface area (Å²) in [6.45, 7) is 0. The monoisotopic (exact) mass is 151 g/mol. The quantitative estimate of drug-likeness (QED) is 0.415. The normalized spacial score (nSPS) is 41.6. The lowest BCUT2D eigenvalue weighted by atomic mass is 10.1. The fourth-order valence-corrected chi connectivity index (χ4v) is 2.38. The molecule has 2 aliphatic rings. The van der Waals surface area contributed by atoms with Crippen LogP contribution in [0.1, 0.15) is 32.1 Å². The number of fused-ring (bicyclic) bond motifs is 1. The van der Waals surface area contributed by atoms with Crippen LogP contribution in [0.3, 0.4) is 0 Å². The molecule has 0 aromatic rings. The van der Waals surface area contributed by atoms with Crippen molar-refractivity contribution >= 4 is 6.08 Å². The minimum Gasteiger partial charge on any atom is -0.211 e. The topological polar surface area (TPSA) is 29.4 Å². The van der Waals surface area contributed by atoms with Crippen molar-refractivity contribution < 1.29 is 4.79 Å². The van der Waals surface area contributed by atoms with Gasteiger partial charge in [-0.2, -0.15) is 0 Å². The van der Waals surface area contributed by atoms with Gasteiger partial charge in [0.2, 0.25) is 6.08 Å². The molecule has 2 aliphatic carbocycles. The van der Waals surface area contributed by atoms with Crippen molar-refractivity contribution in [1.29, 1.82) is 0 Å². The largest absolute Gasteiger partial charge is 0.235 e. The van der Waals surface area contributed by atoms with Crippen LogP contribution in [0.15, 0.2) is 4.99 Å². The van der Waals surface area contributed by atoms with E-state index in [2.05, 4.69) is 4.99 Å². The van der Waals surface area contributed by atoms with Crippen LogP contribution in [0.4, 0.5) is 0 Å². The Labute approximate surface area is 66.7 Å². The van der Waals surface area contributed by atoms with Gasteiger partial charge < -0.3 is 0 Å². The van der Waals surface area contributed by atoms with E-state index in [9.17, 15) is 4.79 Å². The van der Waals surface area contributed by atoms with Gasteiger partial charge in [-0.05, 0) is 24.7 Å². The first-order chi connectivity index (χ1) is 5.43. The highest BCUT2D eigenvalue weighted by atomic mass is 16.1. The molecule has 60 valence electrons. The molecule has 2 rings (SSSR count). The van der Waals surface area contributed by atoms with E-state index in [1.54, 1.807) is 6.08 Å². The van der Waals surface area contributed by atoms with Crippen molar-refractivity contribution in [1.82, 2.24) is 0 Å². The number of isocyanates is 1.